The van der Waals surface area contributed by atoms with Crippen molar-refractivity contribution in [3.63, 3.8) is 0 Å². The molecule has 4 fully saturated rings. The highest BCUT2D eigenvalue weighted by Crippen LogP contribution is 2.48. The number of rotatable bonds is 3. The minimum atomic E-state index is -0.890. The van der Waals surface area contributed by atoms with Gasteiger partial charge in [-0.2, -0.15) is 0 Å². The Balaban J connectivity index is 1.62. The van der Waals surface area contributed by atoms with Crippen molar-refractivity contribution >= 4 is 11.8 Å². The number of hydrogen-bond acceptors (Lipinski definition) is 4. The van der Waals surface area contributed by atoms with Gasteiger partial charge in [-0.1, -0.05) is 30.3 Å². The fraction of sp³-hybridized carbons (Fsp3) is 0.455. The lowest BCUT2D eigenvalue weighted by atomic mass is 9.75. The van der Waals surface area contributed by atoms with Crippen molar-refractivity contribution in [3.8, 4) is 0 Å². The van der Waals surface area contributed by atoms with Crippen molar-refractivity contribution in [2.75, 3.05) is 24.5 Å². The van der Waals surface area contributed by atoms with E-state index in [0.29, 0.717) is 35.3 Å². The molecule has 4 saturated heterocycles. The predicted molar refractivity (Wildman–Crippen MR) is 104 cm³/mol. The molecule has 27 heavy (non-hydrogen) atoms. The number of fused-ring (bicyclic) bond motifs is 2. The van der Waals surface area contributed by atoms with Crippen LogP contribution in [0.4, 0.5) is 5.82 Å². The number of carboxylic acids is 1. The van der Waals surface area contributed by atoms with Crippen LogP contribution in [-0.2, 0) is 0 Å². The van der Waals surface area contributed by atoms with Crippen molar-refractivity contribution in [2.24, 2.45) is 5.92 Å². The maximum Gasteiger partial charge on any atom is 0.339 e. The third-order valence-electron chi connectivity index (χ3n) is 6.74. The lowest BCUT2D eigenvalue weighted by Crippen LogP contribution is -2.60. The van der Waals surface area contributed by atoms with Gasteiger partial charge in [-0.25, -0.2) is 9.78 Å². The second kappa shape index (κ2) is 6.34. The first kappa shape index (κ1) is 16.8. The second-order valence-electron chi connectivity index (χ2n) is 8.15. The first-order chi connectivity index (χ1) is 13.1. The maximum atomic E-state index is 11.9. The molecule has 4 aliphatic rings. The summed E-state index contributed by atoms with van der Waals surface area (Å²) in [6, 6.07) is 15.0. The fourth-order valence-electron chi connectivity index (χ4n) is 5.59. The highest BCUT2D eigenvalue weighted by molar-refractivity contribution is 5.93. The number of nitrogens with zero attached hydrogens (tertiary/aromatic N) is 3. The molecule has 4 aliphatic heterocycles. The molecule has 5 heterocycles. The number of anilines is 1. The standard InChI is InChI=1S/C22H25N3O2/c1-14-7-8-17(22(26)27)21(23-14)25-13-18(15-5-3-2-4-6-15)20-19(25)16-9-11-24(20)12-10-16/h2-8,16,18-20H,9-13H2,1H3,(H,26,27)/t18-,19+,20+/m0/s1. The predicted octanol–water partition coefficient (Wildman–Crippen LogP) is 3.15. The molecule has 0 aliphatic carbocycles. The average molecular weight is 363 g/mol. The van der Waals surface area contributed by atoms with Gasteiger partial charge in [0, 0.05) is 30.2 Å². The zero-order valence-corrected chi connectivity index (χ0v) is 15.6. The Labute approximate surface area is 159 Å². The first-order valence-electron chi connectivity index (χ1n) is 9.90. The number of carboxylic acid groups (broad SMARTS) is 1. The van der Waals surface area contributed by atoms with Gasteiger partial charge in [0.2, 0.25) is 0 Å². The van der Waals surface area contributed by atoms with Gasteiger partial charge in [0.1, 0.15) is 11.4 Å². The summed E-state index contributed by atoms with van der Waals surface area (Å²) in [5.74, 6) is 0.782. The Morgan fingerprint density at radius 1 is 1.07 bits per heavy atom. The van der Waals surface area contributed by atoms with Crippen LogP contribution in [-0.4, -0.2) is 52.7 Å². The van der Waals surface area contributed by atoms with Gasteiger partial charge in [-0.15, -0.1) is 0 Å². The molecule has 1 N–H and O–H groups in total. The number of aromatic carboxylic acids is 1. The minimum Gasteiger partial charge on any atom is -0.478 e. The van der Waals surface area contributed by atoms with Gasteiger partial charge >= 0.3 is 5.97 Å². The number of pyridine rings is 1. The number of aromatic nitrogens is 1. The molecule has 0 saturated carbocycles. The summed E-state index contributed by atoms with van der Waals surface area (Å²) in [5.41, 5.74) is 2.55. The Morgan fingerprint density at radius 2 is 1.81 bits per heavy atom. The van der Waals surface area contributed by atoms with Crippen LogP contribution < -0.4 is 4.90 Å². The Morgan fingerprint density at radius 3 is 2.52 bits per heavy atom. The monoisotopic (exact) mass is 363 g/mol. The van der Waals surface area contributed by atoms with Gasteiger partial charge in [-0.05, 0) is 56.5 Å². The molecule has 2 bridgehead atoms. The number of hydrogen-bond donors (Lipinski definition) is 1. The molecule has 1 aromatic heterocycles. The summed E-state index contributed by atoms with van der Waals surface area (Å²) in [5, 5.41) is 9.75. The summed E-state index contributed by atoms with van der Waals surface area (Å²) in [6.45, 7) is 5.10. The lowest BCUT2D eigenvalue weighted by Gasteiger charge is -2.51. The molecule has 3 atom stereocenters. The summed E-state index contributed by atoms with van der Waals surface area (Å²) < 4.78 is 0. The van der Waals surface area contributed by atoms with E-state index in [1.807, 2.05) is 6.92 Å². The Bertz CT molecular complexity index is 861. The maximum absolute atomic E-state index is 11.9. The van der Waals surface area contributed by atoms with E-state index in [1.54, 1.807) is 12.1 Å². The van der Waals surface area contributed by atoms with E-state index in [-0.39, 0.29) is 0 Å². The number of piperidine rings is 3. The number of aryl methyl sites for hydroxylation is 1. The zero-order chi connectivity index (χ0) is 18.5. The molecule has 5 nitrogen and oxygen atoms in total. The first-order valence-corrected chi connectivity index (χ1v) is 9.90. The van der Waals surface area contributed by atoms with Gasteiger partial charge in [-0.3, -0.25) is 4.90 Å². The van der Waals surface area contributed by atoms with E-state index >= 15 is 0 Å². The molecule has 140 valence electrons. The molecular formula is C22H25N3O2. The van der Waals surface area contributed by atoms with Gasteiger partial charge in [0.15, 0.2) is 0 Å². The third kappa shape index (κ3) is 2.64. The van der Waals surface area contributed by atoms with E-state index in [0.717, 1.165) is 25.3 Å². The van der Waals surface area contributed by atoms with E-state index in [1.165, 1.54) is 18.4 Å². The van der Waals surface area contributed by atoms with Crippen LogP contribution in [0, 0.1) is 12.8 Å². The molecule has 2 aromatic rings. The largest absolute Gasteiger partial charge is 0.478 e. The average Bonchev–Trinajstić information content (AvgIpc) is 3.12. The molecule has 0 spiro atoms. The van der Waals surface area contributed by atoms with E-state index in [2.05, 4.69) is 40.1 Å². The van der Waals surface area contributed by atoms with Gasteiger partial charge in [0.25, 0.3) is 0 Å². The number of benzene rings is 1. The van der Waals surface area contributed by atoms with E-state index in [9.17, 15) is 9.90 Å². The SMILES string of the molecule is Cc1ccc(C(=O)O)c(N2C[C@@H](c3ccccc3)[C@@H]3[C@H]2C2CCN3CC2)n1. The van der Waals surface area contributed by atoms with Crippen molar-refractivity contribution < 1.29 is 9.90 Å². The summed E-state index contributed by atoms with van der Waals surface area (Å²) in [6.07, 6.45) is 2.40. The summed E-state index contributed by atoms with van der Waals surface area (Å²) in [4.78, 5) is 21.6. The summed E-state index contributed by atoms with van der Waals surface area (Å²) in [7, 11) is 0. The normalized spacial score (nSPS) is 31.7. The smallest absolute Gasteiger partial charge is 0.339 e. The Hall–Kier alpha value is -2.40. The lowest BCUT2D eigenvalue weighted by molar-refractivity contribution is 0.0353. The van der Waals surface area contributed by atoms with E-state index < -0.39 is 5.97 Å². The topological polar surface area (TPSA) is 56.7 Å². The van der Waals surface area contributed by atoms with Crippen LogP contribution in [0.3, 0.4) is 0 Å². The highest BCUT2D eigenvalue weighted by Gasteiger charge is 2.54. The van der Waals surface area contributed by atoms with Crippen LogP contribution in [0.5, 0.6) is 0 Å². The third-order valence-corrected chi connectivity index (χ3v) is 6.74. The van der Waals surface area contributed by atoms with Crippen molar-refractivity contribution in [1.29, 1.82) is 0 Å². The minimum absolute atomic E-state index is 0.324. The van der Waals surface area contributed by atoms with Crippen LogP contribution in [0.15, 0.2) is 42.5 Å². The van der Waals surface area contributed by atoms with Crippen LogP contribution >= 0.6 is 0 Å². The molecule has 0 unspecified atom stereocenters. The van der Waals surface area contributed by atoms with Gasteiger partial charge in [0.05, 0.1) is 0 Å². The molecule has 6 rings (SSSR count). The molecular weight excluding hydrogens is 338 g/mol. The van der Waals surface area contributed by atoms with Crippen molar-refractivity contribution in [3.05, 3.63) is 59.3 Å². The van der Waals surface area contributed by atoms with Crippen LogP contribution in [0.1, 0.15) is 40.4 Å². The van der Waals surface area contributed by atoms with Crippen molar-refractivity contribution in [1.82, 2.24) is 9.88 Å². The quantitative estimate of drug-likeness (QED) is 0.908. The molecule has 0 amide bonds. The fourth-order valence-corrected chi connectivity index (χ4v) is 5.59. The highest BCUT2D eigenvalue weighted by atomic mass is 16.4. The molecule has 0 radical (unpaired) electrons. The van der Waals surface area contributed by atoms with Crippen LogP contribution in [0.2, 0.25) is 0 Å². The summed E-state index contributed by atoms with van der Waals surface area (Å²) >= 11 is 0. The second-order valence-corrected chi connectivity index (χ2v) is 8.15. The number of carbonyl (C=O) groups is 1. The van der Waals surface area contributed by atoms with Gasteiger partial charge < -0.3 is 10.0 Å². The molecule has 5 heteroatoms. The van der Waals surface area contributed by atoms with E-state index in [4.69, 9.17) is 4.98 Å². The zero-order valence-electron chi connectivity index (χ0n) is 15.6. The van der Waals surface area contributed by atoms with Crippen LogP contribution in [0.25, 0.3) is 0 Å². The molecule has 1 aromatic carbocycles. The van der Waals surface area contributed by atoms with Crippen molar-refractivity contribution in [2.45, 2.75) is 37.8 Å². The Kier molecular flexibility index (Phi) is 3.93.